The molecule has 0 radical (unpaired) electrons. The molecule has 0 aliphatic rings. The van der Waals surface area contributed by atoms with Crippen molar-refractivity contribution in [3.63, 3.8) is 0 Å². The van der Waals surface area contributed by atoms with Gasteiger partial charge in [0, 0.05) is 28.9 Å². The number of rotatable bonds is 7. The number of benzene rings is 2. The largest absolute Gasteiger partial charge is 0.497 e. The Morgan fingerprint density at radius 1 is 1.03 bits per heavy atom. The number of carbonyl (C=O) groups excluding carboxylic acids is 2. The number of nitrogens with one attached hydrogen (secondary N) is 2. The van der Waals surface area contributed by atoms with E-state index in [1.54, 1.807) is 31.4 Å². The van der Waals surface area contributed by atoms with E-state index in [2.05, 4.69) is 29.6 Å². The highest BCUT2D eigenvalue weighted by molar-refractivity contribution is 6.02. The fourth-order valence-electron chi connectivity index (χ4n) is 3.11. The molecular weight excluding hydrogens is 380 g/mol. The minimum absolute atomic E-state index is 0.0837. The number of anilines is 1. The maximum Gasteiger partial charge on any atom is 0.251 e. The zero-order valence-corrected chi connectivity index (χ0v) is 18.0. The Kier molecular flexibility index (Phi) is 6.40. The van der Waals surface area contributed by atoms with Crippen molar-refractivity contribution in [1.29, 1.82) is 0 Å². The van der Waals surface area contributed by atoms with Crippen molar-refractivity contribution < 1.29 is 14.3 Å². The van der Waals surface area contributed by atoms with Crippen molar-refractivity contribution in [3.8, 4) is 5.75 Å². The predicted molar refractivity (Wildman–Crippen MR) is 118 cm³/mol. The van der Waals surface area contributed by atoms with E-state index in [1.165, 1.54) is 0 Å². The highest BCUT2D eigenvalue weighted by Gasteiger charge is 2.25. The molecule has 2 aromatic carbocycles. The van der Waals surface area contributed by atoms with Crippen LogP contribution in [0.4, 0.5) is 5.69 Å². The van der Waals surface area contributed by atoms with Crippen molar-refractivity contribution in [3.05, 3.63) is 54.2 Å². The van der Waals surface area contributed by atoms with E-state index in [-0.39, 0.29) is 23.8 Å². The molecule has 0 spiro atoms. The van der Waals surface area contributed by atoms with Gasteiger partial charge in [-0.05, 0) is 62.2 Å². The molecule has 1 atom stereocenters. The Labute approximate surface area is 176 Å². The standard InChI is InChI=1S/C23H28N4O3/c1-14(2)21(25-22(28)16-6-9-19(30-5)10-7-16)23(29)24-18-8-11-20-17(12-18)13-27(26-20)15(3)4/h6-15,21H,1-5H3,(H,24,29)(H,25,28). The van der Waals surface area contributed by atoms with Gasteiger partial charge in [-0.1, -0.05) is 13.8 Å². The summed E-state index contributed by atoms with van der Waals surface area (Å²) in [5.41, 5.74) is 2.01. The number of hydrogen-bond donors (Lipinski definition) is 2. The smallest absolute Gasteiger partial charge is 0.251 e. The fraction of sp³-hybridized carbons (Fsp3) is 0.348. The van der Waals surface area contributed by atoms with Crippen LogP contribution in [0.25, 0.3) is 10.9 Å². The number of methoxy groups -OCH3 is 1. The molecule has 3 rings (SSSR count). The van der Waals surface area contributed by atoms with E-state index in [9.17, 15) is 9.59 Å². The molecule has 1 unspecified atom stereocenters. The van der Waals surface area contributed by atoms with Gasteiger partial charge in [-0.3, -0.25) is 14.3 Å². The van der Waals surface area contributed by atoms with Crippen LogP contribution in [-0.2, 0) is 4.79 Å². The maximum atomic E-state index is 12.9. The van der Waals surface area contributed by atoms with E-state index in [4.69, 9.17) is 4.74 Å². The lowest BCUT2D eigenvalue weighted by Crippen LogP contribution is -2.47. The second-order valence-electron chi connectivity index (χ2n) is 7.89. The number of fused-ring (bicyclic) bond motifs is 1. The first kappa shape index (κ1) is 21.4. The number of ether oxygens (including phenoxy) is 1. The Balaban J connectivity index is 1.73. The molecule has 7 nitrogen and oxygen atoms in total. The first-order chi connectivity index (χ1) is 14.3. The molecule has 1 heterocycles. The van der Waals surface area contributed by atoms with Crippen LogP contribution in [0, 0.1) is 5.92 Å². The number of carbonyl (C=O) groups is 2. The fourth-order valence-corrected chi connectivity index (χ4v) is 3.11. The Morgan fingerprint density at radius 3 is 2.33 bits per heavy atom. The lowest BCUT2D eigenvalue weighted by atomic mass is 10.0. The van der Waals surface area contributed by atoms with Crippen LogP contribution in [0.15, 0.2) is 48.7 Å². The molecule has 0 fully saturated rings. The number of amides is 2. The summed E-state index contributed by atoms with van der Waals surface area (Å²) in [6.45, 7) is 7.92. The zero-order chi connectivity index (χ0) is 21.8. The maximum absolute atomic E-state index is 12.9. The van der Waals surface area contributed by atoms with E-state index in [0.717, 1.165) is 10.9 Å². The molecule has 158 valence electrons. The monoisotopic (exact) mass is 408 g/mol. The third-order valence-corrected chi connectivity index (χ3v) is 4.91. The summed E-state index contributed by atoms with van der Waals surface area (Å²) in [4.78, 5) is 25.5. The van der Waals surface area contributed by atoms with Gasteiger partial charge in [0.15, 0.2) is 0 Å². The molecular formula is C23H28N4O3. The molecule has 0 aliphatic heterocycles. The van der Waals surface area contributed by atoms with E-state index in [0.29, 0.717) is 17.0 Å². The normalized spacial score (nSPS) is 12.2. The van der Waals surface area contributed by atoms with Gasteiger partial charge < -0.3 is 15.4 Å². The third kappa shape index (κ3) is 4.79. The van der Waals surface area contributed by atoms with Crippen molar-refractivity contribution in [2.75, 3.05) is 12.4 Å². The van der Waals surface area contributed by atoms with Gasteiger partial charge >= 0.3 is 0 Å². The minimum Gasteiger partial charge on any atom is -0.497 e. The Morgan fingerprint density at radius 2 is 1.73 bits per heavy atom. The van der Waals surface area contributed by atoms with Crippen molar-refractivity contribution >= 4 is 28.4 Å². The van der Waals surface area contributed by atoms with Crippen LogP contribution in [0.2, 0.25) is 0 Å². The molecule has 0 bridgehead atoms. The van der Waals surface area contributed by atoms with E-state index >= 15 is 0 Å². The molecule has 1 aromatic heterocycles. The van der Waals surface area contributed by atoms with Crippen molar-refractivity contribution in [1.82, 2.24) is 15.1 Å². The van der Waals surface area contributed by atoms with E-state index in [1.807, 2.05) is 42.9 Å². The number of aromatic nitrogens is 2. The molecule has 30 heavy (non-hydrogen) atoms. The van der Waals surface area contributed by atoms with Gasteiger partial charge in [0.1, 0.15) is 11.8 Å². The topological polar surface area (TPSA) is 85.2 Å². The average Bonchev–Trinajstić information content (AvgIpc) is 3.15. The summed E-state index contributed by atoms with van der Waals surface area (Å²) in [5.74, 6) is 0.0168. The first-order valence-corrected chi connectivity index (χ1v) is 10.0. The van der Waals surface area contributed by atoms with Crippen molar-refractivity contribution in [2.45, 2.75) is 39.8 Å². The van der Waals surface area contributed by atoms with Gasteiger partial charge in [0.2, 0.25) is 5.91 Å². The minimum atomic E-state index is -0.673. The predicted octanol–water partition coefficient (Wildman–Crippen LogP) is 4.02. The Hall–Kier alpha value is -3.35. The average molecular weight is 409 g/mol. The second-order valence-corrected chi connectivity index (χ2v) is 7.89. The zero-order valence-electron chi connectivity index (χ0n) is 18.0. The molecule has 0 saturated carbocycles. The van der Waals surface area contributed by atoms with Gasteiger partial charge in [-0.25, -0.2) is 0 Å². The van der Waals surface area contributed by atoms with Gasteiger partial charge in [-0.15, -0.1) is 0 Å². The van der Waals surface area contributed by atoms with Crippen LogP contribution < -0.4 is 15.4 Å². The first-order valence-electron chi connectivity index (χ1n) is 10.0. The van der Waals surface area contributed by atoms with Gasteiger partial charge in [0.25, 0.3) is 5.91 Å². The lowest BCUT2D eigenvalue weighted by Gasteiger charge is -2.22. The highest BCUT2D eigenvalue weighted by Crippen LogP contribution is 2.20. The molecule has 0 aliphatic carbocycles. The van der Waals surface area contributed by atoms with Crippen LogP contribution in [-0.4, -0.2) is 34.7 Å². The Bertz CT molecular complexity index is 1040. The quantitative estimate of drug-likeness (QED) is 0.618. The number of hydrogen-bond acceptors (Lipinski definition) is 4. The molecule has 7 heteroatoms. The summed E-state index contributed by atoms with van der Waals surface area (Å²) in [7, 11) is 1.57. The van der Waals surface area contributed by atoms with Crippen LogP contribution in [0.5, 0.6) is 5.75 Å². The van der Waals surface area contributed by atoms with Crippen LogP contribution in [0.3, 0.4) is 0 Å². The van der Waals surface area contributed by atoms with Crippen LogP contribution >= 0.6 is 0 Å². The molecule has 2 N–H and O–H groups in total. The summed E-state index contributed by atoms with van der Waals surface area (Å²) < 4.78 is 7.01. The SMILES string of the molecule is COc1ccc(C(=O)NC(C(=O)Nc2ccc3nn(C(C)C)cc3c2)C(C)C)cc1. The van der Waals surface area contributed by atoms with Gasteiger partial charge in [-0.2, -0.15) is 5.10 Å². The van der Waals surface area contributed by atoms with E-state index < -0.39 is 6.04 Å². The number of nitrogens with zero attached hydrogens (tertiary/aromatic N) is 2. The van der Waals surface area contributed by atoms with Crippen LogP contribution in [0.1, 0.15) is 44.1 Å². The highest BCUT2D eigenvalue weighted by atomic mass is 16.5. The molecule has 0 saturated heterocycles. The molecule has 2 amide bonds. The lowest BCUT2D eigenvalue weighted by molar-refractivity contribution is -0.118. The summed E-state index contributed by atoms with van der Waals surface area (Å²) in [6, 6.07) is 11.9. The summed E-state index contributed by atoms with van der Waals surface area (Å²) >= 11 is 0. The summed E-state index contributed by atoms with van der Waals surface area (Å²) in [5, 5.41) is 11.2. The van der Waals surface area contributed by atoms with Gasteiger partial charge in [0.05, 0.1) is 12.6 Å². The van der Waals surface area contributed by atoms with Crippen molar-refractivity contribution in [2.24, 2.45) is 5.92 Å². The summed E-state index contributed by atoms with van der Waals surface area (Å²) in [6.07, 6.45) is 1.96. The third-order valence-electron chi connectivity index (χ3n) is 4.91. The molecule has 3 aromatic rings. The second kappa shape index (κ2) is 8.98.